The first-order chi connectivity index (χ1) is 12.0. The van der Waals surface area contributed by atoms with Crippen LogP contribution in [0, 0.1) is 5.82 Å². The minimum Gasteiger partial charge on any atom is -0.497 e. The number of aromatic nitrogens is 1. The number of aliphatic carboxylic acids is 1. The molecule has 5 nitrogen and oxygen atoms in total. The molecule has 1 N–H and O–H groups in total. The van der Waals surface area contributed by atoms with Gasteiger partial charge < -0.3 is 14.4 Å². The standard InChI is InChI=1S/C19H16FNO4/c1-25-15-5-2-12(3-6-15)10-21-11-13(8-18(22)23)19(24)16-9-14(20)4-7-17(16)21/h2-7,9,11H,8,10H2,1H3,(H,22,23). The molecule has 0 aliphatic carbocycles. The number of carboxylic acids is 1. The van der Waals surface area contributed by atoms with E-state index in [9.17, 15) is 14.0 Å². The maximum atomic E-state index is 13.6. The van der Waals surface area contributed by atoms with Crippen molar-refractivity contribution in [3.63, 3.8) is 0 Å². The highest BCUT2D eigenvalue weighted by Crippen LogP contribution is 2.18. The van der Waals surface area contributed by atoms with Gasteiger partial charge in [0.25, 0.3) is 0 Å². The van der Waals surface area contributed by atoms with Gasteiger partial charge in [-0.15, -0.1) is 0 Å². The monoisotopic (exact) mass is 341 g/mol. The summed E-state index contributed by atoms with van der Waals surface area (Å²) in [5.74, 6) is -0.918. The van der Waals surface area contributed by atoms with E-state index in [4.69, 9.17) is 9.84 Å². The van der Waals surface area contributed by atoms with Gasteiger partial charge >= 0.3 is 5.97 Å². The molecule has 6 heteroatoms. The average molecular weight is 341 g/mol. The first-order valence-electron chi connectivity index (χ1n) is 7.64. The molecule has 0 radical (unpaired) electrons. The Labute approximate surface area is 142 Å². The van der Waals surface area contributed by atoms with E-state index in [0.717, 1.165) is 17.4 Å². The Kier molecular flexibility index (Phi) is 4.52. The summed E-state index contributed by atoms with van der Waals surface area (Å²) in [5.41, 5.74) is 1.16. The Hall–Kier alpha value is -3.15. The van der Waals surface area contributed by atoms with Crippen molar-refractivity contribution >= 4 is 16.9 Å². The summed E-state index contributed by atoms with van der Waals surface area (Å²) in [6, 6.07) is 11.3. The quantitative estimate of drug-likeness (QED) is 0.775. The lowest BCUT2D eigenvalue weighted by atomic mass is 10.1. The normalized spacial score (nSPS) is 10.8. The third-order valence-electron chi connectivity index (χ3n) is 3.97. The topological polar surface area (TPSA) is 68.5 Å². The Morgan fingerprint density at radius 3 is 2.56 bits per heavy atom. The fourth-order valence-electron chi connectivity index (χ4n) is 2.78. The van der Waals surface area contributed by atoms with Gasteiger partial charge in [-0.3, -0.25) is 9.59 Å². The van der Waals surface area contributed by atoms with Crippen LogP contribution in [0.2, 0.25) is 0 Å². The third-order valence-corrected chi connectivity index (χ3v) is 3.97. The third kappa shape index (κ3) is 3.52. The largest absolute Gasteiger partial charge is 0.497 e. The van der Waals surface area contributed by atoms with E-state index >= 15 is 0 Å². The summed E-state index contributed by atoms with van der Waals surface area (Å²) in [4.78, 5) is 23.5. The highest BCUT2D eigenvalue weighted by molar-refractivity contribution is 5.81. The maximum Gasteiger partial charge on any atom is 0.308 e. The van der Waals surface area contributed by atoms with Crippen LogP contribution in [0.25, 0.3) is 10.9 Å². The number of hydrogen-bond donors (Lipinski definition) is 1. The lowest BCUT2D eigenvalue weighted by molar-refractivity contribution is -0.136. The van der Waals surface area contributed by atoms with E-state index in [2.05, 4.69) is 0 Å². The van der Waals surface area contributed by atoms with Crippen LogP contribution in [-0.2, 0) is 17.8 Å². The van der Waals surface area contributed by atoms with E-state index in [1.807, 2.05) is 24.3 Å². The average Bonchev–Trinajstić information content (AvgIpc) is 2.59. The van der Waals surface area contributed by atoms with E-state index < -0.39 is 23.6 Å². The lowest BCUT2D eigenvalue weighted by Crippen LogP contribution is -2.18. The Morgan fingerprint density at radius 1 is 1.20 bits per heavy atom. The molecule has 0 saturated heterocycles. The molecule has 0 atom stereocenters. The van der Waals surface area contributed by atoms with Gasteiger partial charge in [-0.1, -0.05) is 12.1 Å². The lowest BCUT2D eigenvalue weighted by Gasteiger charge is -2.13. The number of carboxylic acid groups (broad SMARTS) is 1. The minimum absolute atomic E-state index is 0.124. The zero-order chi connectivity index (χ0) is 18.0. The highest BCUT2D eigenvalue weighted by atomic mass is 19.1. The first kappa shape index (κ1) is 16.7. The summed E-state index contributed by atoms with van der Waals surface area (Å²) in [7, 11) is 1.58. The number of halogens is 1. The fourth-order valence-corrected chi connectivity index (χ4v) is 2.78. The van der Waals surface area contributed by atoms with Gasteiger partial charge in [0.05, 0.1) is 19.0 Å². The van der Waals surface area contributed by atoms with Crippen LogP contribution >= 0.6 is 0 Å². The number of ether oxygens (including phenoxy) is 1. The SMILES string of the molecule is COc1ccc(Cn2cc(CC(=O)O)c(=O)c3cc(F)ccc32)cc1. The van der Waals surface area contributed by atoms with Crippen LogP contribution in [-0.4, -0.2) is 22.8 Å². The van der Waals surface area contributed by atoms with E-state index in [1.54, 1.807) is 11.7 Å². The first-order valence-corrected chi connectivity index (χ1v) is 7.64. The molecular weight excluding hydrogens is 325 g/mol. The number of pyridine rings is 1. The van der Waals surface area contributed by atoms with Crippen molar-refractivity contribution in [3.05, 3.63) is 75.8 Å². The zero-order valence-electron chi connectivity index (χ0n) is 13.5. The number of hydrogen-bond acceptors (Lipinski definition) is 3. The van der Waals surface area contributed by atoms with Gasteiger partial charge in [0, 0.05) is 23.7 Å². The number of carbonyl (C=O) groups is 1. The zero-order valence-corrected chi connectivity index (χ0v) is 13.5. The molecule has 1 heterocycles. The number of nitrogens with zero attached hydrogens (tertiary/aromatic N) is 1. The maximum absolute atomic E-state index is 13.6. The molecule has 3 rings (SSSR count). The van der Waals surface area contributed by atoms with E-state index in [0.29, 0.717) is 12.1 Å². The van der Waals surface area contributed by atoms with Crippen molar-refractivity contribution < 1.29 is 19.0 Å². The summed E-state index contributed by atoms with van der Waals surface area (Å²) < 4.78 is 20.5. The molecule has 0 aliphatic heterocycles. The van der Waals surface area contributed by atoms with Crippen molar-refractivity contribution in [2.75, 3.05) is 7.11 Å². The van der Waals surface area contributed by atoms with Crippen LogP contribution in [0.15, 0.2) is 53.5 Å². The van der Waals surface area contributed by atoms with Crippen LogP contribution in [0.3, 0.4) is 0 Å². The molecule has 25 heavy (non-hydrogen) atoms. The van der Waals surface area contributed by atoms with Crippen LogP contribution in [0.4, 0.5) is 4.39 Å². The summed E-state index contributed by atoms with van der Waals surface area (Å²) in [6.07, 6.45) is 1.12. The minimum atomic E-state index is -1.11. The molecule has 0 bridgehead atoms. The Balaban J connectivity index is 2.13. The highest BCUT2D eigenvalue weighted by Gasteiger charge is 2.13. The Bertz CT molecular complexity index is 993. The number of benzene rings is 2. The van der Waals surface area contributed by atoms with Crippen molar-refractivity contribution in [1.82, 2.24) is 4.57 Å². The molecule has 2 aromatic carbocycles. The molecule has 128 valence electrons. The van der Waals surface area contributed by atoms with Gasteiger partial charge in [0.15, 0.2) is 5.43 Å². The molecule has 0 spiro atoms. The second kappa shape index (κ2) is 6.76. The molecule has 0 fully saturated rings. The van der Waals surface area contributed by atoms with Gasteiger partial charge in [0.2, 0.25) is 0 Å². The fraction of sp³-hybridized carbons (Fsp3) is 0.158. The molecule has 0 saturated carbocycles. The van der Waals surface area contributed by atoms with E-state index in [-0.39, 0.29) is 10.9 Å². The second-order valence-corrected chi connectivity index (χ2v) is 5.69. The molecule has 0 amide bonds. The molecule has 0 unspecified atom stereocenters. The van der Waals surface area contributed by atoms with Crippen LogP contribution in [0.5, 0.6) is 5.75 Å². The number of fused-ring (bicyclic) bond motifs is 1. The molecule has 0 aliphatic rings. The van der Waals surface area contributed by atoms with Gasteiger partial charge in [-0.05, 0) is 35.9 Å². The molecule has 1 aromatic heterocycles. The molecular formula is C19H16FNO4. The van der Waals surface area contributed by atoms with Crippen molar-refractivity contribution in [3.8, 4) is 5.75 Å². The van der Waals surface area contributed by atoms with E-state index in [1.165, 1.54) is 18.3 Å². The summed E-state index contributed by atoms with van der Waals surface area (Å²) in [5, 5.41) is 9.19. The molecule has 3 aromatic rings. The predicted octanol–water partition coefficient (Wildman–Crippen LogP) is 2.82. The number of rotatable bonds is 5. The van der Waals surface area contributed by atoms with Gasteiger partial charge in [-0.2, -0.15) is 0 Å². The van der Waals surface area contributed by atoms with Gasteiger partial charge in [-0.25, -0.2) is 4.39 Å². The smallest absolute Gasteiger partial charge is 0.308 e. The number of methoxy groups -OCH3 is 1. The second-order valence-electron chi connectivity index (χ2n) is 5.69. The van der Waals surface area contributed by atoms with Crippen molar-refractivity contribution in [2.45, 2.75) is 13.0 Å². The van der Waals surface area contributed by atoms with Crippen LogP contribution < -0.4 is 10.2 Å². The van der Waals surface area contributed by atoms with Crippen molar-refractivity contribution in [1.29, 1.82) is 0 Å². The van der Waals surface area contributed by atoms with Crippen LogP contribution in [0.1, 0.15) is 11.1 Å². The Morgan fingerprint density at radius 2 is 1.92 bits per heavy atom. The predicted molar refractivity (Wildman–Crippen MR) is 91.6 cm³/mol. The van der Waals surface area contributed by atoms with Crippen molar-refractivity contribution in [2.24, 2.45) is 0 Å². The van der Waals surface area contributed by atoms with Gasteiger partial charge in [0.1, 0.15) is 11.6 Å². The summed E-state index contributed by atoms with van der Waals surface area (Å²) >= 11 is 0. The summed E-state index contributed by atoms with van der Waals surface area (Å²) in [6.45, 7) is 0.416.